The van der Waals surface area contributed by atoms with Crippen molar-refractivity contribution in [1.29, 1.82) is 0 Å². The average Bonchev–Trinajstić information content (AvgIpc) is 2.19. The molecule has 0 atom stereocenters. The topological polar surface area (TPSA) is 46.5 Å². The van der Waals surface area contributed by atoms with Gasteiger partial charge >= 0.3 is 5.97 Å². The summed E-state index contributed by atoms with van der Waals surface area (Å²) in [6.07, 6.45) is 6.22. The number of allylic oxidation sites excluding steroid dienone is 3. The molecule has 1 aliphatic rings. The van der Waals surface area contributed by atoms with Crippen LogP contribution in [0.3, 0.4) is 0 Å². The van der Waals surface area contributed by atoms with Gasteiger partial charge in [-0.3, -0.25) is 0 Å². The van der Waals surface area contributed by atoms with Crippen LogP contribution in [0.1, 0.15) is 32.6 Å². The Morgan fingerprint density at radius 3 is 2.86 bits per heavy atom. The van der Waals surface area contributed by atoms with Crippen LogP contribution < -0.4 is 0 Å². The van der Waals surface area contributed by atoms with Gasteiger partial charge < -0.3 is 9.84 Å². The zero-order chi connectivity index (χ0) is 10.4. The van der Waals surface area contributed by atoms with Crippen molar-refractivity contribution in [2.45, 2.75) is 32.6 Å². The van der Waals surface area contributed by atoms with E-state index in [1.165, 1.54) is 0 Å². The van der Waals surface area contributed by atoms with Crippen molar-refractivity contribution in [3.05, 3.63) is 23.5 Å². The first-order valence-electron chi connectivity index (χ1n) is 5.00. The second kappa shape index (κ2) is 5.47. The summed E-state index contributed by atoms with van der Waals surface area (Å²) >= 11 is 0. The van der Waals surface area contributed by atoms with Crippen LogP contribution in [0, 0.1) is 0 Å². The van der Waals surface area contributed by atoms with E-state index < -0.39 is 0 Å². The molecule has 0 saturated carbocycles. The van der Waals surface area contributed by atoms with E-state index in [0.29, 0.717) is 30.8 Å². The van der Waals surface area contributed by atoms with Crippen molar-refractivity contribution in [3.8, 4) is 0 Å². The molecule has 0 aromatic heterocycles. The highest BCUT2D eigenvalue weighted by Crippen LogP contribution is 2.17. The summed E-state index contributed by atoms with van der Waals surface area (Å²) in [5.74, 6) is 0.0808. The lowest BCUT2D eigenvalue weighted by atomic mass is 10.0. The first-order valence-corrected chi connectivity index (χ1v) is 5.00. The molecule has 0 aliphatic heterocycles. The Morgan fingerprint density at radius 1 is 1.50 bits per heavy atom. The number of esters is 1. The second-order valence-electron chi connectivity index (χ2n) is 3.34. The normalized spacial score (nSPS) is 15.8. The maximum atomic E-state index is 11.4. The fraction of sp³-hybridized carbons (Fsp3) is 0.545. The van der Waals surface area contributed by atoms with Crippen LogP contribution in [0.5, 0.6) is 0 Å². The first kappa shape index (κ1) is 10.8. The van der Waals surface area contributed by atoms with E-state index in [1.54, 1.807) is 12.2 Å². The summed E-state index contributed by atoms with van der Waals surface area (Å²) in [5.41, 5.74) is 0.652. The maximum absolute atomic E-state index is 11.4. The lowest BCUT2D eigenvalue weighted by Crippen LogP contribution is -2.10. The molecule has 0 saturated heterocycles. The average molecular weight is 196 g/mol. The summed E-state index contributed by atoms with van der Waals surface area (Å²) < 4.78 is 5.04. The van der Waals surface area contributed by atoms with Crippen molar-refractivity contribution in [2.24, 2.45) is 0 Å². The van der Waals surface area contributed by atoms with E-state index in [1.807, 2.05) is 0 Å². The molecule has 0 aromatic carbocycles. The Hall–Kier alpha value is -1.25. The molecule has 78 valence electrons. The third kappa shape index (κ3) is 3.24. The van der Waals surface area contributed by atoms with Gasteiger partial charge in [-0.25, -0.2) is 4.79 Å². The fourth-order valence-corrected chi connectivity index (χ4v) is 1.20. The number of unbranched alkanes of at least 4 members (excludes halogenated alkanes) is 1. The molecule has 0 radical (unpaired) electrons. The lowest BCUT2D eigenvalue weighted by molar-refractivity contribution is -0.139. The number of rotatable bonds is 4. The molecule has 0 unspecified atom stereocenters. The van der Waals surface area contributed by atoms with Crippen LogP contribution in [0.25, 0.3) is 0 Å². The SMILES string of the molecule is CCCCOC(=O)C1=CC=C(O)CC1. The van der Waals surface area contributed by atoms with Gasteiger partial charge in [0.2, 0.25) is 0 Å². The number of aliphatic hydroxyl groups excluding tert-OH is 1. The maximum Gasteiger partial charge on any atom is 0.334 e. The third-order valence-electron chi connectivity index (χ3n) is 2.12. The molecule has 0 spiro atoms. The van der Waals surface area contributed by atoms with Crippen molar-refractivity contribution in [2.75, 3.05) is 6.61 Å². The quantitative estimate of drug-likeness (QED) is 0.555. The minimum Gasteiger partial charge on any atom is -0.512 e. The van der Waals surface area contributed by atoms with Crippen LogP contribution >= 0.6 is 0 Å². The van der Waals surface area contributed by atoms with Gasteiger partial charge in [-0.2, -0.15) is 0 Å². The molecule has 1 rings (SSSR count). The molecule has 0 aromatic rings. The van der Waals surface area contributed by atoms with Gasteiger partial charge in [-0.05, 0) is 25.0 Å². The van der Waals surface area contributed by atoms with E-state index >= 15 is 0 Å². The smallest absolute Gasteiger partial charge is 0.334 e. The standard InChI is InChI=1S/C11H16O3/c1-2-3-8-14-11(13)9-4-6-10(12)7-5-9/h4,6,12H,2-3,5,7-8H2,1H3. The van der Waals surface area contributed by atoms with Crippen LogP contribution in [0.4, 0.5) is 0 Å². The molecule has 14 heavy (non-hydrogen) atoms. The molecule has 1 aliphatic carbocycles. The minimum absolute atomic E-state index is 0.248. The highest BCUT2D eigenvalue weighted by atomic mass is 16.5. The molecule has 0 bridgehead atoms. The molecular formula is C11H16O3. The number of aliphatic hydroxyl groups is 1. The fourth-order valence-electron chi connectivity index (χ4n) is 1.20. The van der Waals surface area contributed by atoms with Crippen LogP contribution in [-0.4, -0.2) is 17.7 Å². The second-order valence-corrected chi connectivity index (χ2v) is 3.34. The van der Waals surface area contributed by atoms with E-state index in [4.69, 9.17) is 9.84 Å². The van der Waals surface area contributed by atoms with E-state index in [0.717, 1.165) is 12.8 Å². The van der Waals surface area contributed by atoms with Gasteiger partial charge in [0.25, 0.3) is 0 Å². The predicted octanol–water partition coefficient (Wildman–Crippen LogP) is 2.49. The lowest BCUT2D eigenvalue weighted by Gasteiger charge is -2.10. The van der Waals surface area contributed by atoms with Crippen LogP contribution in [0.15, 0.2) is 23.5 Å². The van der Waals surface area contributed by atoms with Crippen molar-refractivity contribution in [1.82, 2.24) is 0 Å². The molecule has 3 nitrogen and oxygen atoms in total. The Kier molecular flexibility index (Phi) is 4.23. The number of hydrogen-bond donors (Lipinski definition) is 1. The number of carbonyl (C=O) groups is 1. The van der Waals surface area contributed by atoms with Crippen LogP contribution in [-0.2, 0) is 9.53 Å². The predicted molar refractivity (Wildman–Crippen MR) is 53.9 cm³/mol. The van der Waals surface area contributed by atoms with Crippen molar-refractivity contribution in [3.63, 3.8) is 0 Å². The summed E-state index contributed by atoms with van der Waals surface area (Å²) in [4.78, 5) is 11.4. The number of carbonyl (C=O) groups excluding carboxylic acids is 1. The van der Waals surface area contributed by atoms with E-state index in [9.17, 15) is 4.79 Å². The molecule has 1 N–H and O–H groups in total. The van der Waals surface area contributed by atoms with Gasteiger partial charge in [0.15, 0.2) is 0 Å². The molecule has 0 fully saturated rings. The Balaban J connectivity index is 2.38. The summed E-state index contributed by atoms with van der Waals surface area (Å²) in [5, 5.41) is 9.09. The monoisotopic (exact) mass is 196 g/mol. The highest BCUT2D eigenvalue weighted by Gasteiger charge is 2.13. The van der Waals surface area contributed by atoms with Gasteiger partial charge in [-0.15, -0.1) is 0 Å². The first-order chi connectivity index (χ1) is 6.74. The van der Waals surface area contributed by atoms with Crippen molar-refractivity contribution < 1.29 is 14.6 Å². The highest BCUT2D eigenvalue weighted by molar-refractivity contribution is 5.89. The third-order valence-corrected chi connectivity index (χ3v) is 2.12. The zero-order valence-electron chi connectivity index (χ0n) is 8.45. The summed E-state index contributed by atoms with van der Waals surface area (Å²) in [6.45, 7) is 2.54. The zero-order valence-corrected chi connectivity index (χ0v) is 8.45. The minimum atomic E-state index is -0.248. The largest absolute Gasteiger partial charge is 0.512 e. The van der Waals surface area contributed by atoms with Gasteiger partial charge in [-0.1, -0.05) is 13.3 Å². The molecule has 0 heterocycles. The molecule has 0 amide bonds. The van der Waals surface area contributed by atoms with E-state index in [2.05, 4.69) is 6.92 Å². The summed E-state index contributed by atoms with van der Waals surface area (Å²) in [7, 11) is 0. The van der Waals surface area contributed by atoms with Gasteiger partial charge in [0.1, 0.15) is 0 Å². The van der Waals surface area contributed by atoms with E-state index in [-0.39, 0.29) is 5.97 Å². The Labute approximate surface area is 84.1 Å². The number of ether oxygens (including phenoxy) is 1. The molecule has 3 heteroatoms. The van der Waals surface area contributed by atoms with Crippen LogP contribution in [0.2, 0.25) is 0 Å². The number of hydrogen-bond acceptors (Lipinski definition) is 3. The summed E-state index contributed by atoms with van der Waals surface area (Å²) in [6, 6.07) is 0. The van der Waals surface area contributed by atoms with Gasteiger partial charge in [0.05, 0.1) is 12.4 Å². The molecular weight excluding hydrogens is 180 g/mol. The van der Waals surface area contributed by atoms with Crippen molar-refractivity contribution >= 4 is 5.97 Å². The van der Waals surface area contributed by atoms with Gasteiger partial charge in [0, 0.05) is 12.0 Å². The Morgan fingerprint density at radius 2 is 2.29 bits per heavy atom. The Bertz CT molecular complexity index is 264.